The third-order valence-electron chi connectivity index (χ3n) is 3.56. The Hall–Kier alpha value is -2.44. The van der Waals surface area contributed by atoms with Crippen LogP contribution in [-0.4, -0.2) is 35.1 Å². The smallest absolute Gasteiger partial charge is 0.422 e. The zero-order valence-electron chi connectivity index (χ0n) is 15.1. The number of carbonyl (C=O) groups excluding carboxylic acids is 1. The lowest BCUT2D eigenvalue weighted by Crippen LogP contribution is -2.28. The molecule has 31 heavy (non-hydrogen) atoms. The Labute approximate surface area is 181 Å². The molecule has 0 aliphatic rings. The SMILES string of the molecule is O=C(NCc1ccc(OCC(F)(F)F)nc1)Nc1c(Cl)cc([C@H](O)C(F)(F)F)cc1Cl. The number of carbonyl (C=O) groups is 1. The van der Waals surface area contributed by atoms with E-state index in [0.29, 0.717) is 5.56 Å². The molecule has 2 aromatic rings. The second-order valence-electron chi connectivity index (χ2n) is 6.02. The minimum Gasteiger partial charge on any atom is -0.468 e. The normalized spacial score (nSPS) is 12.9. The lowest BCUT2D eigenvalue weighted by atomic mass is 10.1. The number of pyridine rings is 1. The van der Waals surface area contributed by atoms with Gasteiger partial charge in [0.15, 0.2) is 12.7 Å². The fourth-order valence-corrected chi connectivity index (χ4v) is 2.75. The van der Waals surface area contributed by atoms with Crippen LogP contribution in [-0.2, 0) is 6.54 Å². The number of hydrogen-bond donors (Lipinski definition) is 3. The second-order valence-corrected chi connectivity index (χ2v) is 6.83. The molecule has 3 N–H and O–H groups in total. The number of aliphatic hydroxyl groups excluding tert-OH is 1. The van der Waals surface area contributed by atoms with Crippen LogP contribution in [0, 0.1) is 0 Å². The minimum atomic E-state index is -4.93. The van der Waals surface area contributed by atoms with Gasteiger partial charge in [-0.1, -0.05) is 29.3 Å². The number of benzene rings is 1. The van der Waals surface area contributed by atoms with E-state index in [1.165, 1.54) is 18.3 Å². The minimum absolute atomic E-state index is 0.0987. The van der Waals surface area contributed by atoms with E-state index in [9.17, 15) is 36.2 Å². The zero-order valence-corrected chi connectivity index (χ0v) is 16.6. The van der Waals surface area contributed by atoms with Gasteiger partial charge in [-0.05, 0) is 23.3 Å². The van der Waals surface area contributed by atoms with E-state index in [2.05, 4.69) is 20.4 Å². The van der Waals surface area contributed by atoms with Gasteiger partial charge in [-0.15, -0.1) is 0 Å². The van der Waals surface area contributed by atoms with Crippen LogP contribution in [0.15, 0.2) is 30.5 Å². The summed E-state index contributed by atoms with van der Waals surface area (Å²) in [5.41, 5.74) is -0.379. The van der Waals surface area contributed by atoms with Crippen molar-refractivity contribution in [2.24, 2.45) is 0 Å². The fourth-order valence-electron chi connectivity index (χ4n) is 2.16. The molecule has 1 aromatic carbocycles. The molecule has 14 heteroatoms. The van der Waals surface area contributed by atoms with E-state index < -0.39 is 36.7 Å². The van der Waals surface area contributed by atoms with Gasteiger partial charge >= 0.3 is 18.4 Å². The monoisotopic (exact) mass is 491 g/mol. The third-order valence-corrected chi connectivity index (χ3v) is 4.16. The maximum atomic E-state index is 12.6. The topological polar surface area (TPSA) is 83.5 Å². The van der Waals surface area contributed by atoms with E-state index in [-0.39, 0.29) is 28.2 Å². The molecule has 0 radical (unpaired) electrons. The van der Waals surface area contributed by atoms with E-state index in [1.54, 1.807) is 0 Å². The number of aromatic nitrogens is 1. The van der Waals surface area contributed by atoms with Crippen molar-refractivity contribution in [1.82, 2.24) is 10.3 Å². The molecule has 170 valence electrons. The van der Waals surface area contributed by atoms with Crippen LogP contribution in [0.3, 0.4) is 0 Å². The van der Waals surface area contributed by atoms with E-state index >= 15 is 0 Å². The molecule has 1 atom stereocenters. The lowest BCUT2D eigenvalue weighted by molar-refractivity contribution is -0.206. The number of amides is 2. The molecular formula is C17H13Cl2F6N3O3. The van der Waals surface area contributed by atoms with E-state index in [1.807, 2.05) is 0 Å². The van der Waals surface area contributed by atoms with Gasteiger partial charge in [-0.3, -0.25) is 0 Å². The molecule has 0 aliphatic carbocycles. The maximum Gasteiger partial charge on any atom is 0.422 e. The number of hydrogen-bond acceptors (Lipinski definition) is 4. The standard InChI is InChI=1S/C17H13Cl2F6N3O3/c18-10-3-9(14(29)17(23,24)25)4-11(19)13(10)28-15(30)27-6-8-1-2-12(26-5-8)31-7-16(20,21)22/h1-5,14,29H,6-7H2,(H2,27,28,30)/t14-/m0/s1. The Morgan fingerprint density at radius 1 is 1.13 bits per heavy atom. The first-order valence-electron chi connectivity index (χ1n) is 8.19. The van der Waals surface area contributed by atoms with Gasteiger partial charge in [0.25, 0.3) is 0 Å². The number of urea groups is 1. The van der Waals surface area contributed by atoms with Crippen molar-refractivity contribution < 1.29 is 41.0 Å². The molecule has 6 nitrogen and oxygen atoms in total. The number of anilines is 1. The van der Waals surface area contributed by atoms with Crippen molar-refractivity contribution in [2.45, 2.75) is 25.0 Å². The van der Waals surface area contributed by atoms with Crippen LogP contribution >= 0.6 is 23.2 Å². The van der Waals surface area contributed by atoms with Gasteiger partial charge in [0.05, 0.1) is 15.7 Å². The van der Waals surface area contributed by atoms with Crippen molar-refractivity contribution >= 4 is 34.9 Å². The first kappa shape index (κ1) is 24.8. The number of nitrogens with zero attached hydrogens (tertiary/aromatic N) is 1. The molecular weight excluding hydrogens is 479 g/mol. The van der Waals surface area contributed by atoms with Gasteiger partial charge in [-0.25, -0.2) is 9.78 Å². The number of halogens is 8. The fraction of sp³-hybridized carbons (Fsp3) is 0.294. The third kappa shape index (κ3) is 7.64. The Balaban J connectivity index is 1.95. The van der Waals surface area contributed by atoms with Crippen molar-refractivity contribution in [3.05, 3.63) is 51.6 Å². The first-order chi connectivity index (χ1) is 14.3. The Morgan fingerprint density at radius 3 is 2.23 bits per heavy atom. The summed E-state index contributed by atoms with van der Waals surface area (Å²) in [5, 5.41) is 13.2. The molecule has 1 aromatic heterocycles. The van der Waals surface area contributed by atoms with Gasteiger partial charge in [0.1, 0.15) is 0 Å². The van der Waals surface area contributed by atoms with Crippen LogP contribution < -0.4 is 15.4 Å². The van der Waals surface area contributed by atoms with E-state index in [0.717, 1.165) is 12.1 Å². The summed E-state index contributed by atoms with van der Waals surface area (Å²) in [6.07, 6.45) is -11.1. The average Bonchev–Trinajstić information content (AvgIpc) is 2.66. The zero-order chi connectivity index (χ0) is 23.4. The molecule has 2 amide bonds. The van der Waals surface area contributed by atoms with Crippen molar-refractivity contribution in [3.63, 3.8) is 0 Å². The molecule has 0 unspecified atom stereocenters. The van der Waals surface area contributed by atoms with Crippen LogP contribution in [0.4, 0.5) is 36.8 Å². The maximum absolute atomic E-state index is 12.6. The molecule has 0 aliphatic heterocycles. The largest absolute Gasteiger partial charge is 0.468 e. The second kappa shape index (κ2) is 9.79. The predicted octanol–water partition coefficient (Wildman–Crippen LogP) is 5.25. The molecule has 0 saturated heterocycles. The summed E-state index contributed by atoms with van der Waals surface area (Å²) in [6.45, 7) is -1.60. The predicted molar refractivity (Wildman–Crippen MR) is 99.1 cm³/mol. The van der Waals surface area contributed by atoms with E-state index in [4.69, 9.17) is 23.2 Å². The summed E-state index contributed by atoms with van der Waals surface area (Å²) >= 11 is 11.7. The van der Waals surface area contributed by atoms with Crippen LogP contribution in [0.5, 0.6) is 5.88 Å². The highest BCUT2D eigenvalue weighted by molar-refractivity contribution is 6.39. The van der Waals surface area contributed by atoms with Crippen LogP contribution in [0.25, 0.3) is 0 Å². The molecule has 0 bridgehead atoms. The van der Waals surface area contributed by atoms with Gasteiger partial charge < -0.3 is 20.5 Å². The summed E-state index contributed by atoms with van der Waals surface area (Å²) in [7, 11) is 0. The highest BCUT2D eigenvalue weighted by Gasteiger charge is 2.39. The number of nitrogens with one attached hydrogen (secondary N) is 2. The van der Waals surface area contributed by atoms with Gasteiger partial charge in [0, 0.05) is 18.8 Å². The van der Waals surface area contributed by atoms with Crippen molar-refractivity contribution in [2.75, 3.05) is 11.9 Å². The number of ether oxygens (including phenoxy) is 1. The molecule has 1 heterocycles. The number of aliphatic hydroxyl groups is 1. The van der Waals surface area contributed by atoms with Gasteiger partial charge in [0.2, 0.25) is 5.88 Å². The molecule has 0 saturated carbocycles. The quantitative estimate of drug-likeness (QED) is 0.482. The summed E-state index contributed by atoms with van der Waals surface area (Å²) in [4.78, 5) is 15.7. The van der Waals surface area contributed by atoms with Crippen molar-refractivity contribution in [3.8, 4) is 5.88 Å². The Bertz CT molecular complexity index is 900. The summed E-state index contributed by atoms with van der Waals surface area (Å²) in [6, 6.07) is 3.34. The number of rotatable bonds is 6. The first-order valence-corrected chi connectivity index (χ1v) is 8.95. The molecule has 0 spiro atoms. The Morgan fingerprint density at radius 2 is 1.74 bits per heavy atom. The Kier molecular flexibility index (Phi) is 7.84. The molecule has 0 fully saturated rings. The van der Waals surface area contributed by atoms with Crippen molar-refractivity contribution in [1.29, 1.82) is 0 Å². The lowest BCUT2D eigenvalue weighted by Gasteiger charge is -2.17. The highest BCUT2D eigenvalue weighted by atomic mass is 35.5. The van der Waals surface area contributed by atoms with Crippen LogP contribution in [0.1, 0.15) is 17.2 Å². The molecule has 2 rings (SSSR count). The summed E-state index contributed by atoms with van der Waals surface area (Å²) < 4.78 is 78.6. The van der Waals surface area contributed by atoms with Crippen LogP contribution in [0.2, 0.25) is 10.0 Å². The number of alkyl halides is 6. The highest BCUT2D eigenvalue weighted by Crippen LogP contribution is 2.38. The van der Waals surface area contributed by atoms with Gasteiger partial charge in [-0.2, -0.15) is 26.3 Å². The summed E-state index contributed by atoms with van der Waals surface area (Å²) in [5.74, 6) is -0.259. The average molecular weight is 492 g/mol.